The second kappa shape index (κ2) is 8.96. The van der Waals surface area contributed by atoms with Crippen LogP contribution >= 0.6 is 0 Å². The molecule has 1 heterocycles. The summed E-state index contributed by atoms with van der Waals surface area (Å²) >= 11 is 0. The third-order valence-electron chi connectivity index (χ3n) is 1.54. The maximum atomic E-state index is 10.9. The summed E-state index contributed by atoms with van der Waals surface area (Å²) in [6.45, 7) is 0.856. The fourth-order valence-corrected chi connectivity index (χ4v) is 0.981. The molecule has 78 valence electrons. The summed E-state index contributed by atoms with van der Waals surface area (Å²) in [7, 11) is 0. The normalized spacial score (nSPS) is 17.6. The molecule has 16 heavy (non-hydrogen) atoms. The Labute approximate surface area is 134 Å². The Morgan fingerprint density at radius 1 is 1.25 bits per heavy atom. The third-order valence-corrected chi connectivity index (χ3v) is 1.54. The van der Waals surface area contributed by atoms with Crippen molar-refractivity contribution in [2.75, 3.05) is 13.1 Å². The van der Waals surface area contributed by atoms with Gasteiger partial charge < -0.3 is 26.1 Å². The summed E-state index contributed by atoms with van der Waals surface area (Å²) in [5.74, 6) is -0.00870. The topological polar surface area (TPSA) is 142 Å². The van der Waals surface area contributed by atoms with Crippen LogP contribution in [0.2, 0.25) is 0 Å². The molecular formula is C4H8N6Na2O4+2. The Morgan fingerprint density at radius 2 is 1.75 bits per heavy atom. The first-order valence-electron chi connectivity index (χ1n) is 3.61. The predicted octanol–water partition coefficient (Wildman–Crippen LogP) is -6.97. The summed E-state index contributed by atoms with van der Waals surface area (Å²) in [5, 5.41) is 45.2. The van der Waals surface area contributed by atoms with Gasteiger partial charge in [-0.2, -0.15) is 0 Å². The zero-order chi connectivity index (χ0) is 10.6. The van der Waals surface area contributed by atoms with E-state index in [9.17, 15) is 10.4 Å². The molecule has 0 spiro atoms. The summed E-state index contributed by atoms with van der Waals surface area (Å²) in [6, 6.07) is 0. The number of amidine groups is 1. The van der Waals surface area contributed by atoms with Crippen LogP contribution in [0, 0.1) is 10.4 Å². The average molecular weight is 250 g/mol. The van der Waals surface area contributed by atoms with E-state index >= 15 is 0 Å². The molecule has 0 aromatic carbocycles. The standard InChI is InChI=1S/C4H8N6O4.2Na/c11-7-9(13)4(10(14)8-12)3-5-1-2-6-3;;/h4,11-12H,1-2H2,(H,5,6);;/q;2*+1. The zero-order valence-electron chi connectivity index (χ0n) is 8.94. The van der Waals surface area contributed by atoms with Gasteiger partial charge in [0, 0.05) is 16.3 Å². The Bertz CT molecular complexity index is 289. The van der Waals surface area contributed by atoms with Gasteiger partial charge in [-0.1, -0.05) is 0 Å². The van der Waals surface area contributed by atoms with Gasteiger partial charge in [0.15, 0.2) is 0 Å². The van der Waals surface area contributed by atoms with Gasteiger partial charge in [0.1, 0.15) is 0 Å². The van der Waals surface area contributed by atoms with Crippen molar-refractivity contribution in [3.8, 4) is 0 Å². The van der Waals surface area contributed by atoms with Crippen LogP contribution in [-0.4, -0.2) is 45.2 Å². The number of nitrogens with one attached hydrogen (secondary N) is 1. The van der Waals surface area contributed by atoms with Crippen molar-refractivity contribution >= 4 is 5.84 Å². The third kappa shape index (κ3) is 4.39. The van der Waals surface area contributed by atoms with Gasteiger partial charge in [0.2, 0.25) is 16.4 Å². The Morgan fingerprint density at radius 3 is 2.06 bits per heavy atom. The van der Waals surface area contributed by atoms with Gasteiger partial charge in [0.25, 0.3) is 0 Å². The van der Waals surface area contributed by atoms with Crippen LogP contribution < -0.4 is 64.4 Å². The van der Waals surface area contributed by atoms with Crippen LogP contribution in [0.5, 0.6) is 0 Å². The van der Waals surface area contributed by atoms with Gasteiger partial charge in [-0.3, -0.25) is 4.99 Å². The molecule has 0 aromatic rings. The number of nitrogens with zero attached hydrogens (tertiary/aromatic N) is 5. The molecule has 0 aromatic heterocycles. The fraction of sp³-hybridized carbons (Fsp3) is 0.750. The first kappa shape index (κ1) is 18.2. The van der Waals surface area contributed by atoms with Crippen LogP contribution in [0.15, 0.2) is 15.5 Å². The summed E-state index contributed by atoms with van der Waals surface area (Å²) in [5.41, 5.74) is 0. The first-order chi connectivity index (χ1) is 6.70. The van der Waals surface area contributed by atoms with E-state index in [-0.39, 0.29) is 74.7 Å². The van der Waals surface area contributed by atoms with Crippen molar-refractivity contribution in [2.24, 2.45) is 15.5 Å². The molecule has 0 fully saturated rings. The van der Waals surface area contributed by atoms with Crippen LogP contribution in [0.4, 0.5) is 0 Å². The molecule has 0 bridgehead atoms. The van der Waals surface area contributed by atoms with Crippen molar-refractivity contribution in [3.05, 3.63) is 10.4 Å². The molecule has 10 nitrogen and oxygen atoms in total. The predicted molar refractivity (Wildman–Crippen MR) is 39.8 cm³/mol. The minimum atomic E-state index is -1.63. The van der Waals surface area contributed by atoms with Crippen molar-refractivity contribution in [1.29, 1.82) is 0 Å². The number of hydrogen-bond acceptors (Lipinski definition) is 6. The molecule has 0 aliphatic carbocycles. The monoisotopic (exact) mass is 250 g/mol. The molecule has 0 amide bonds. The van der Waals surface area contributed by atoms with E-state index in [1.807, 2.05) is 0 Å². The molecule has 1 aliphatic heterocycles. The van der Waals surface area contributed by atoms with Gasteiger partial charge in [-0.15, -0.1) is 0 Å². The van der Waals surface area contributed by atoms with Gasteiger partial charge in [-0.25, -0.2) is 0 Å². The van der Waals surface area contributed by atoms with E-state index in [4.69, 9.17) is 10.4 Å². The molecule has 0 radical (unpaired) electrons. The summed E-state index contributed by atoms with van der Waals surface area (Å²) < 4.78 is 0. The second-order valence-electron chi connectivity index (χ2n) is 2.35. The maximum Gasteiger partial charge on any atom is 1.00 e. The van der Waals surface area contributed by atoms with E-state index in [0.717, 1.165) is 0 Å². The van der Waals surface area contributed by atoms with Crippen LogP contribution in [-0.2, 0) is 0 Å². The second-order valence-corrected chi connectivity index (χ2v) is 2.35. The van der Waals surface area contributed by atoms with Gasteiger partial charge >= 0.3 is 65.3 Å². The number of hydroxylamine groups is 2. The van der Waals surface area contributed by atoms with Crippen molar-refractivity contribution in [1.82, 2.24) is 5.32 Å². The molecule has 1 rings (SSSR count). The van der Waals surface area contributed by atoms with Crippen molar-refractivity contribution < 1.29 is 79.3 Å². The fourth-order valence-electron chi connectivity index (χ4n) is 0.981. The van der Waals surface area contributed by atoms with Crippen LogP contribution in [0.1, 0.15) is 0 Å². The minimum Gasteiger partial charge on any atom is -0.592 e. The smallest absolute Gasteiger partial charge is 0.592 e. The van der Waals surface area contributed by atoms with E-state index in [0.29, 0.717) is 13.1 Å². The Balaban J connectivity index is 0. The van der Waals surface area contributed by atoms with Gasteiger partial charge in [0.05, 0.1) is 6.54 Å². The minimum absolute atomic E-state index is 0. The Kier molecular flexibility index (Phi) is 10.2. The maximum absolute atomic E-state index is 10.9. The number of rotatable bonds is 3. The van der Waals surface area contributed by atoms with E-state index in [1.165, 1.54) is 0 Å². The van der Waals surface area contributed by atoms with E-state index in [1.54, 1.807) is 0 Å². The average Bonchev–Trinajstić information content (AvgIpc) is 2.70. The molecule has 1 aliphatic rings. The molecule has 3 N–H and O–H groups in total. The number of aliphatic imine (C=N–C) groups is 1. The molecule has 12 heteroatoms. The molecule has 0 unspecified atom stereocenters. The largest absolute Gasteiger partial charge is 1.00 e. The molecule has 0 saturated heterocycles. The Hall–Kier alpha value is -0.130. The quantitative estimate of drug-likeness (QED) is 0.150. The molecule has 0 saturated carbocycles. The summed E-state index contributed by atoms with van der Waals surface area (Å²) in [4.78, 5) is 3.10. The van der Waals surface area contributed by atoms with E-state index in [2.05, 4.69) is 20.9 Å². The van der Waals surface area contributed by atoms with Crippen LogP contribution in [0.25, 0.3) is 0 Å². The van der Waals surface area contributed by atoms with Crippen LogP contribution in [0.3, 0.4) is 0 Å². The molecule has 0 atom stereocenters. The SMILES string of the molecule is [Na+].[Na+].[O-][N+](=NO)C(C1=NCCN1)[N+]([O-])=NO. The van der Waals surface area contributed by atoms with Crippen molar-refractivity contribution in [3.63, 3.8) is 0 Å². The summed E-state index contributed by atoms with van der Waals surface area (Å²) in [6.07, 6.45) is -1.63. The number of hydrogen-bond donors (Lipinski definition) is 3. The zero-order valence-corrected chi connectivity index (χ0v) is 12.9. The molecular weight excluding hydrogens is 242 g/mol. The van der Waals surface area contributed by atoms with Gasteiger partial charge in [-0.05, 0) is 0 Å². The van der Waals surface area contributed by atoms with Crippen molar-refractivity contribution in [2.45, 2.75) is 6.17 Å². The van der Waals surface area contributed by atoms with E-state index < -0.39 is 6.17 Å². The first-order valence-corrected chi connectivity index (χ1v) is 3.61.